The number of nitrogens with zero attached hydrogens (tertiary/aromatic N) is 1. The maximum Gasteiger partial charge on any atom is 0.269 e. The van der Waals surface area contributed by atoms with E-state index in [-0.39, 0.29) is 10.6 Å². The highest BCUT2D eigenvalue weighted by Crippen LogP contribution is 2.36. The van der Waals surface area contributed by atoms with Gasteiger partial charge in [0.2, 0.25) is 0 Å². The summed E-state index contributed by atoms with van der Waals surface area (Å²) >= 11 is 1.69. The Morgan fingerprint density at radius 2 is 1.33 bits per heavy atom. The van der Waals surface area contributed by atoms with E-state index in [0.717, 1.165) is 10.4 Å². The Morgan fingerprint density at radius 1 is 0.708 bits per heavy atom. The molecular weight excluding hydrogens is 318 g/mol. The summed E-state index contributed by atoms with van der Waals surface area (Å²) in [6.07, 6.45) is 0. The van der Waals surface area contributed by atoms with Gasteiger partial charge in [-0.05, 0) is 52.2 Å². The Kier molecular flexibility index (Phi) is 3.59. The monoisotopic (exact) mass is 331 g/mol. The second-order valence-corrected chi connectivity index (χ2v) is 6.61. The van der Waals surface area contributed by atoms with E-state index < -0.39 is 0 Å². The van der Waals surface area contributed by atoms with Crippen molar-refractivity contribution in [2.24, 2.45) is 0 Å². The number of fused-ring (bicyclic) bond motifs is 1. The van der Waals surface area contributed by atoms with E-state index in [4.69, 9.17) is 0 Å². The summed E-state index contributed by atoms with van der Waals surface area (Å²) in [5.41, 5.74) is 2.30. The first kappa shape index (κ1) is 14.6. The number of rotatable bonds is 3. The molecule has 0 saturated heterocycles. The Morgan fingerprint density at radius 3 is 2.04 bits per heavy atom. The van der Waals surface area contributed by atoms with Crippen LogP contribution in [-0.4, -0.2) is 4.92 Å². The minimum Gasteiger partial charge on any atom is -0.258 e. The molecule has 24 heavy (non-hydrogen) atoms. The van der Waals surface area contributed by atoms with Gasteiger partial charge in [0.25, 0.3) is 5.69 Å². The lowest BCUT2D eigenvalue weighted by Gasteiger charge is -2.01. The van der Waals surface area contributed by atoms with Gasteiger partial charge in [-0.25, -0.2) is 0 Å². The molecule has 3 nitrogen and oxygen atoms in total. The van der Waals surface area contributed by atoms with E-state index in [0.29, 0.717) is 0 Å². The second kappa shape index (κ2) is 5.91. The summed E-state index contributed by atoms with van der Waals surface area (Å²) in [4.78, 5) is 12.7. The molecule has 0 aliphatic rings. The molecule has 0 amide bonds. The van der Waals surface area contributed by atoms with Gasteiger partial charge < -0.3 is 0 Å². The average molecular weight is 331 g/mol. The van der Waals surface area contributed by atoms with Crippen molar-refractivity contribution in [2.75, 3.05) is 0 Å². The fourth-order valence-electron chi connectivity index (χ4n) is 2.74. The van der Waals surface area contributed by atoms with Crippen molar-refractivity contribution in [3.8, 4) is 20.9 Å². The summed E-state index contributed by atoms with van der Waals surface area (Å²) in [7, 11) is 0. The third-order valence-corrected chi connectivity index (χ3v) is 5.19. The third kappa shape index (κ3) is 2.68. The zero-order chi connectivity index (χ0) is 16.5. The zero-order valence-corrected chi connectivity index (χ0v) is 13.5. The standard InChI is InChI=1S/C20H13NO2S/c22-21(23)18-9-7-15(8-10-18)19-11-12-20(24-19)17-6-5-14-3-1-2-4-16(14)13-17/h1-13H. The van der Waals surface area contributed by atoms with E-state index in [1.165, 1.54) is 21.2 Å². The molecule has 0 fully saturated rings. The van der Waals surface area contributed by atoms with Crippen LogP contribution in [0.3, 0.4) is 0 Å². The van der Waals surface area contributed by atoms with Gasteiger partial charge in [0.15, 0.2) is 0 Å². The molecule has 0 bridgehead atoms. The van der Waals surface area contributed by atoms with E-state index >= 15 is 0 Å². The van der Waals surface area contributed by atoms with Crippen LogP contribution in [0.2, 0.25) is 0 Å². The maximum atomic E-state index is 10.8. The summed E-state index contributed by atoms with van der Waals surface area (Å²) in [6, 6.07) is 25.6. The smallest absolute Gasteiger partial charge is 0.258 e. The Balaban J connectivity index is 1.69. The first-order valence-corrected chi connectivity index (χ1v) is 8.36. The van der Waals surface area contributed by atoms with Gasteiger partial charge >= 0.3 is 0 Å². The maximum absolute atomic E-state index is 10.8. The van der Waals surface area contributed by atoms with Crippen LogP contribution < -0.4 is 0 Å². The van der Waals surface area contributed by atoms with E-state index in [1.807, 2.05) is 12.1 Å². The topological polar surface area (TPSA) is 43.1 Å². The lowest BCUT2D eigenvalue weighted by molar-refractivity contribution is -0.384. The fraction of sp³-hybridized carbons (Fsp3) is 0. The van der Waals surface area contributed by atoms with E-state index in [1.54, 1.807) is 35.6 Å². The first-order chi connectivity index (χ1) is 11.7. The molecule has 0 unspecified atom stereocenters. The largest absolute Gasteiger partial charge is 0.269 e. The van der Waals surface area contributed by atoms with Crippen molar-refractivity contribution in [3.05, 3.63) is 89.0 Å². The molecule has 0 spiro atoms. The second-order valence-electron chi connectivity index (χ2n) is 5.53. The van der Waals surface area contributed by atoms with Crippen LogP contribution in [0.1, 0.15) is 0 Å². The number of nitro groups is 1. The molecule has 0 saturated carbocycles. The lowest BCUT2D eigenvalue weighted by atomic mass is 10.1. The first-order valence-electron chi connectivity index (χ1n) is 7.54. The molecule has 116 valence electrons. The van der Waals surface area contributed by atoms with Crippen LogP contribution in [0.15, 0.2) is 78.9 Å². The highest BCUT2D eigenvalue weighted by Gasteiger charge is 2.08. The van der Waals surface area contributed by atoms with Gasteiger partial charge in [0.1, 0.15) is 0 Å². The van der Waals surface area contributed by atoms with Gasteiger partial charge in [-0.1, -0.05) is 36.4 Å². The molecule has 0 N–H and O–H groups in total. The number of benzene rings is 3. The summed E-state index contributed by atoms with van der Waals surface area (Å²) in [5.74, 6) is 0. The molecule has 4 heteroatoms. The van der Waals surface area contributed by atoms with Crippen molar-refractivity contribution in [2.45, 2.75) is 0 Å². The van der Waals surface area contributed by atoms with Crippen LogP contribution in [0.5, 0.6) is 0 Å². The minimum atomic E-state index is -0.376. The van der Waals surface area contributed by atoms with Gasteiger partial charge in [0.05, 0.1) is 4.92 Å². The number of hydrogen-bond acceptors (Lipinski definition) is 3. The molecule has 0 aliphatic carbocycles. The summed E-state index contributed by atoms with van der Waals surface area (Å²) in [5, 5.41) is 13.2. The Hall–Kier alpha value is -2.98. The van der Waals surface area contributed by atoms with Crippen molar-refractivity contribution in [3.63, 3.8) is 0 Å². The molecule has 1 aromatic heterocycles. The van der Waals surface area contributed by atoms with Crippen LogP contribution in [0, 0.1) is 10.1 Å². The quantitative estimate of drug-likeness (QED) is 0.334. The summed E-state index contributed by atoms with van der Waals surface area (Å²) < 4.78 is 0. The number of hydrogen-bond donors (Lipinski definition) is 0. The van der Waals surface area contributed by atoms with Crippen LogP contribution in [0.4, 0.5) is 5.69 Å². The lowest BCUT2D eigenvalue weighted by Crippen LogP contribution is -1.86. The van der Waals surface area contributed by atoms with Crippen molar-refractivity contribution >= 4 is 27.8 Å². The van der Waals surface area contributed by atoms with Gasteiger partial charge in [-0.3, -0.25) is 10.1 Å². The number of non-ortho nitro benzene ring substituents is 1. The molecule has 0 aliphatic heterocycles. The van der Waals surface area contributed by atoms with E-state index in [9.17, 15) is 10.1 Å². The van der Waals surface area contributed by atoms with Crippen molar-refractivity contribution in [1.82, 2.24) is 0 Å². The molecule has 4 aromatic rings. The van der Waals surface area contributed by atoms with Crippen LogP contribution in [0.25, 0.3) is 31.7 Å². The highest BCUT2D eigenvalue weighted by atomic mass is 32.1. The van der Waals surface area contributed by atoms with Gasteiger partial charge in [-0.15, -0.1) is 11.3 Å². The fourth-order valence-corrected chi connectivity index (χ4v) is 3.75. The van der Waals surface area contributed by atoms with Crippen LogP contribution in [-0.2, 0) is 0 Å². The van der Waals surface area contributed by atoms with Gasteiger partial charge in [0, 0.05) is 21.9 Å². The van der Waals surface area contributed by atoms with Gasteiger partial charge in [-0.2, -0.15) is 0 Å². The molecule has 0 radical (unpaired) electrons. The molecule has 0 atom stereocenters. The predicted molar refractivity (Wildman–Crippen MR) is 99.4 cm³/mol. The molecule has 4 rings (SSSR count). The van der Waals surface area contributed by atoms with Crippen LogP contribution >= 0.6 is 11.3 Å². The molecule has 3 aromatic carbocycles. The minimum absolute atomic E-state index is 0.116. The average Bonchev–Trinajstić information content (AvgIpc) is 3.11. The number of thiophene rings is 1. The van der Waals surface area contributed by atoms with E-state index in [2.05, 4.69) is 42.5 Å². The molecule has 1 heterocycles. The zero-order valence-electron chi connectivity index (χ0n) is 12.7. The SMILES string of the molecule is O=[N+]([O-])c1ccc(-c2ccc(-c3ccc4ccccc4c3)s2)cc1. The van der Waals surface area contributed by atoms with Crippen molar-refractivity contribution < 1.29 is 4.92 Å². The predicted octanol–water partition coefficient (Wildman–Crippen LogP) is 6.14. The highest BCUT2D eigenvalue weighted by molar-refractivity contribution is 7.18. The Labute approximate surface area is 143 Å². The molecular formula is C20H13NO2S. The summed E-state index contributed by atoms with van der Waals surface area (Å²) in [6.45, 7) is 0. The van der Waals surface area contributed by atoms with Crippen molar-refractivity contribution in [1.29, 1.82) is 0 Å². The normalized spacial score (nSPS) is 10.8. The third-order valence-electron chi connectivity index (χ3n) is 4.00. The Bertz CT molecular complexity index is 1030. The number of nitro benzene ring substituents is 1.